The first-order valence-electron chi connectivity index (χ1n) is 7.81. The molecule has 1 amide bonds. The fourth-order valence-corrected chi connectivity index (χ4v) is 3.16. The topological polar surface area (TPSA) is 41.4 Å². The zero-order chi connectivity index (χ0) is 13.9. The molecule has 1 aliphatic heterocycles. The van der Waals surface area contributed by atoms with Crippen molar-refractivity contribution in [1.29, 1.82) is 0 Å². The minimum absolute atomic E-state index is 0.209. The van der Waals surface area contributed by atoms with Gasteiger partial charge in [0.25, 0.3) is 0 Å². The molecule has 1 aromatic heterocycles. The number of carbonyl (C=O) groups is 1. The molecule has 110 valence electrons. The van der Waals surface area contributed by atoms with Gasteiger partial charge in [0.15, 0.2) is 0 Å². The van der Waals surface area contributed by atoms with E-state index in [0.29, 0.717) is 6.54 Å². The molecule has 3 rings (SSSR count). The van der Waals surface area contributed by atoms with Gasteiger partial charge in [0.2, 0.25) is 5.91 Å². The highest BCUT2D eigenvalue weighted by atomic mass is 16.2. The van der Waals surface area contributed by atoms with Gasteiger partial charge in [-0.15, -0.1) is 0 Å². The lowest BCUT2D eigenvalue weighted by atomic mass is 9.99. The van der Waals surface area contributed by atoms with Crippen molar-refractivity contribution in [3.05, 3.63) is 17.5 Å². The summed E-state index contributed by atoms with van der Waals surface area (Å²) in [6.07, 6.45) is 6.77. The zero-order valence-corrected chi connectivity index (χ0v) is 12.3. The number of hydrogen-bond donors (Lipinski definition) is 0. The number of amides is 1. The molecule has 0 spiro atoms. The normalized spacial score (nSPS) is 19.9. The van der Waals surface area contributed by atoms with Crippen molar-refractivity contribution in [1.82, 2.24) is 19.6 Å². The highest BCUT2D eigenvalue weighted by molar-refractivity contribution is 5.76. The van der Waals surface area contributed by atoms with E-state index in [1.54, 1.807) is 0 Å². The molecule has 2 aliphatic rings. The summed E-state index contributed by atoms with van der Waals surface area (Å²) in [5, 5.41) is 4.58. The summed E-state index contributed by atoms with van der Waals surface area (Å²) in [5.41, 5.74) is 2.56. The molecule has 5 heteroatoms. The van der Waals surface area contributed by atoms with E-state index in [1.807, 2.05) is 9.58 Å². The van der Waals surface area contributed by atoms with E-state index in [2.05, 4.69) is 23.1 Å². The lowest BCUT2D eigenvalue weighted by Crippen LogP contribution is -2.49. The van der Waals surface area contributed by atoms with Gasteiger partial charge in [0.05, 0.1) is 5.69 Å². The van der Waals surface area contributed by atoms with Crippen LogP contribution in [0.5, 0.6) is 0 Å². The van der Waals surface area contributed by atoms with Crippen LogP contribution in [0.2, 0.25) is 0 Å². The van der Waals surface area contributed by atoms with E-state index < -0.39 is 0 Å². The molecule has 1 aromatic rings. The summed E-state index contributed by atoms with van der Waals surface area (Å²) in [6.45, 7) is 7.36. The Morgan fingerprint density at radius 1 is 1.20 bits per heavy atom. The SMILES string of the molecule is CCN1CCN(C(=O)Cn2cc3c(n2)CCCC3)CC1. The van der Waals surface area contributed by atoms with Gasteiger partial charge >= 0.3 is 0 Å². The Morgan fingerprint density at radius 3 is 2.65 bits per heavy atom. The molecule has 5 nitrogen and oxygen atoms in total. The first-order valence-corrected chi connectivity index (χ1v) is 7.81. The molecule has 2 heterocycles. The average molecular weight is 276 g/mol. The maximum absolute atomic E-state index is 12.3. The van der Waals surface area contributed by atoms with Crippen LogP contribution in [0.1, 0.15) is 31.0 Å². The van der Waals surface area contributed by atoms with E-state index in [9.17, 15) is 4.79 Å². The number of piperazine rings is 1. The Balaban J connectivity index is 1.57. The highest BCUT2D eigenvalue weighted by Crippen LogP contribution is 2.19. The molecule has 0 N–H and O–H groups in total. The van der Waals surface area contributed by atoms with Crippen molar-refractivity contribution < 1.29 is 4.79 Å². The fourth-order valence-electron chi connectivity index (χ4n) is 3.16. The number of likely N-dealkylation sites (N-methyl/N-ethyl adjacent to an activating group) is 1. The molecular weight excluding hydrogens is 252 g/mol. The number of nitrogens with zero attached hydrogens (tertiary/aromatic N) is 4. The zero-order valence-electron chi connectivity index (χ0n) is 12.3. The third-order valence-corrected chi connectivity index (χ3v) is 4.50. The van der Waals surface area contributed by atoms with Crippen LogP contribution < -0.4 is 0 Å². The predicted octanol–water partition coefficient (Wildman–Crippen LogP) is 0.926. The number of carbonyl (C=O) groups excluding carboxylic acids is 1. The molecule has 0 atom stereocenters. The largest absolute Gasteiger partial charge is 0.339 e. The Hall–Kier alpha value is -1.36. The van der Waals surface area contributed by atoms with Crippen LogP contribution in [0.25, 0.3) is 0 Å². The quantitative estimate of drug-likeness (QED) is 0.824. The maximum Gasteiger partial charge on any atom is 0.244 e. The van der Waals surface area contributed by atoms with Crippen LogP contribution in [0.15, 0.2) is 6.20 Å². The van der Waals surface area contributed by atoms with Gasteiger partial charge in [-0.1, -0.05) is 6.92 Å². The van der Waals surface area contributed by atoms with Crippen molar-refractivity contribution in [2.75, 3.05) is 32.7 Å². The van der Waals surface area contributed by atoms with E-state index in [-0.39, 0.29) is 5.91 Å². The van der Waals surface area contributed by atoms with Crippen LogP contribution in [0, 0.1) is 0 Å². The minimum Gasteiger partial charge on any atom is -0.339 e. The summed E-state index contributed by atoms with van der Waals surface area (Å²) in [6, 6.07) is 0. The van der Waals surface area contributed by atoms with Crippen LogP contribution >= 0.6 is 0 Å². The number of fused-ring (bicyclic) bond motifs is 1. The average Bonchev–Trinajstić information content (AvgIpc) is 2.89. The molecule has 0 radical (unpaired) electrons. The number of aryl methyl sites for hydroxylation is 2. The molecular formula is C15H24N4O. The van der Waals surface area contributed by atoms with Crippen molar-refractivity contribution in [2.24, 2.45) is 0 Å². The van der Waals surface area contributed by atoms with Gasteiger partial charge in [-0.3, -0.25) is 9.48 Å². The van der Waals surface area contributed by atoms with Crippen LogP contribution in [0.4, 0.5) is 0 Å². The van der Waals surface area contributed by atoms with Crippen LogP contribution in [0.3, 0.4) is 0 Å². The summed E-state index contributed by atoms with van der Waals surface area (Å²) < 4.78 is 1.85. The third kappa shape index (κ3) is 2.87. The molecule has 20 heavy (non-hydrogen) atoms. The second kappa shape index (κ2) is 5.95. The molecule has 1 aliphatic carbocycles. The van der Waals surface area contributed by atoms with Gasteiger partial charge in [0, 0.05) is 32.4 Å². The van der Waals surface area contributed by atoms with E-state index in [4.69, 9.17) is 0 Å². The van der Waals surface area contributed by atoms with Gasteiger partial charge in [-0.25, -0.2) is 0 Å². The second-order valence-corrected chi connectivity index (χ2v) is 5.82. The van der Waals surface area contributed by atoms with E-state index in [0.717, 1.165) is 45.6 Å². The second-order valence-electron chi connectivity index (χ2n) is 5.82. The van der Waals surface area contributed by atoms with Crippen molar-refractivity contribution in [3.63, 3.8) is 0 Å². The summed E-state index contributed by atoms with van der Waals surface area (Å²) in [5.74, 6) is 0.209. The molecule has 0 bridgehead atoms. The van der Waals surface area contributed by atoms with Gasteiger partial charge in [-0.2, -0.15) is 5.10 Å². The van der Waals surface area contributed by atoms with Crippen molar-refractivity contribution in [3.8, 4) is 0 Å². The van der Waals surface area contributed by atoms with Gasteiger partial charge < -0.3 is 9.80 Å². The Bertz CT molecular complexity index is 451. The summed E-state index contributed by atoms with van der Waals surface area (Å²) in [7, 11) is 0. The number of rotatable bonds is 3. The Labute approximate surface area is 120 Å². The maximum atomic E-state index is 12.3. The third-order valence-electron chi connectivity index (χ3n) is 4.50. The predicted molar refractivity (Wildman–Crippen MR) is 77.6 cm³/mol. The molecule has 0 unspecified atom stereocenters. The van der Waals surface area contributed by atoms with Gasteiger partial charge in [0.1, 0.15) is 6.54 Å². The van der Waals surface area contributed by atoms with Crippen molar-refractivity contribution >= 4 is 5.91 Å². The lowest BCUT2D eigenvalue weighted by Gasteiger charge is -2.34. The van der Waals surface area contributed by atoms with Crippen molar-refractivity contribution in [2.45, 2.75) is 39.2 Å². The molecule has 1 fully saturated rings. The first kappa shape index (κ1) is 13.6. The molecule has 0 aromatic carbocycles. The van der Waals surface area contributed by atoms with Gasteiger partial charge in [-0.05, 0) is 37.8 Å². The minimum atomic E-state index is 0.209. The smallest absolute Gasteiger partial charge is 0.244 e. The van der Waals surface area contributed by atoms with Crippen LogP contribution in [-0.2, 0) is 24.2 Å². The Morgan fingerprint density at radius 2 is 1.95 bits per heavy atom. The highest BCUT2D eigenvalue weighted by Gasteiger charge is 2.21. The first-order chi connectivity index (χ1) is 9.76. The fraction of sp³-hybridized carbons (Fsp3) is 0.733. The molecule has 0 saturated carbocycles. The molecule has 1 saturated heterocycles. The summed E-state index contributed by atoms with van der Waals surface area (Å²) >= 11 is 0. The van der Waals surface area contributed by atoms with E-state index in [1.165, 1.54) is 24.1 Å². The number of hydrogen-bond acceptors (Lipinski definition) is 3. The Kier molecular flexibility index (Phi) is 4.05. The monoisotopic (exact) mass is 276 g/mol. The van der Waals surface area contributed by atoms with Crippen LogP contribution in [-0.4, -0.2) is 58.2 Å². The summed E-state index contributed by atoms with van der Waals surface area (Å²) in [4.78, 5) is 16.7. The lowest BCUT2D eigenvalue weighted by molar-refractivity contribution is -0.133. The standard InChI is InChI=1S/C15H24N4O/c1-2-17-7-9-18(10-8-17)15(20)12-19-11-13-5-3-4-6-14(13)16-19/h11H,2-10,12H2,1H3. The van der Waals surface area contributed by atoms with E-state index >= 15 is 0 Å². The number of aromatic nitrogens is 2.